The third kappa shape index (κ3) is 7.17. The zero-order valence-corrected chi connectivity index (χ0v) is 26.7. The van der Waals surface area contributed by atoms with E-state index in [1.807, 2.05) is 18.4 Å². The summed E-state index contributed by atoms with van der Waals surface area (Å²) >= 11 is 1.36. The first-order valence-electron chi connectivity index (χ1n) is 14.9. The molecule has 0 bridgehead atoms. The van der Waals surface area contributed by atoms with Crippen LogP contribution < -0.4 is 10.1 Å². The molecule has 2 aliphatic rings. The normalized spacial score (nSPS) is 22.2. The van der Waals surface area contributed by atoms with E-state index in [9.17, 15) is 19.3 Å². The number of methoxy groups -OCH3 is 1. The van der Waals surface area contributed by atoms with E-state index in [1.54, 1.807) is 29.2 Å². The number of nitrogens with one attached hydrogen (secondary N) is 1. The van der Waals surface area contributed by atoms with E-state index in [1.165, 1.54) is 30.6 Å². The van der Waals surface area contributed by atoms with Crippen LogP contribution in [0.1, 0.15) is 83.2 Å². The second-order valence-corrected chi connectivity index (χ2v) is 13.8. The van der Waals surface area contributed by atoms with Crippen LogP contribution in [0.5, 0.6) is 5.75 Å². The third-order valence-electron chi connectivity index (χ3n) is 9.71. The number of hydrogen-bond acceptors (Lipinski definition) is 8. The molecule has 0 radical (unpaired) electrons. The number of nitroso groups, excluding NO2 is 1. The number of rotatable bonds is 11. The lowest BCUT2D eigenvalue weighted by molar-refractivity contribution is -0.159. The average Bonchev–Trinajstić information content (AvgIpc) is 3.72. The Labute approximate surface area is 258 Å². The van der Waals surface area contributed by atoms with E-state index < -0.39 is 18.0 Å². The Hall–Kier alpha value is -3.53. The van der Waals surface area contributed by atoms with E-state index in [0.29, 0.717) is 41.5 Å². The fourth-order valence-electron chi connectivity index (χ4n) is 6.30. The van der Waals surface area contributed by atoms with Crippen LogP contribution in [-0.2, 0) is 19.1 Å². The van der Waals surface area contributed by atoms with Crippen molar-refractivity contribution in [2.75, 3.05) is 13.7 Å². The summed E-state index contributed by atoms with van der Waals surface area (Å²) < 4.78 is 11.1. The molecule has 1 aromatic carbocycles. The average molecular weight is 610 g/mol. The van der Waals surface area contributed by atoms with E-state index in [0.717, 1.165) is 19.3 Å². The molecule has 4 atom stereocenters. The minimum atomic E-state index is -0.944. The van der Waals surface area contributed by atoms with Gasteiger partial charge in [0.25, 0.3) is 5.91 Å². The summed E-state index contributed by atoms with van der Waals surface area (Å²) in [5.74, 6) is -0.442. The lowest BCUT2D eigenvalue weighted by Crippen LogP contribution is -2.48. The molecule has 4 rings (SSSR count). The molecule has 1 saturated carbocycles. The lowest BCUT2D eigenvalue weighted by atomic mass is 9.66. The summed E-state index contributed by atoms with van der Waals surface area (Å²) in [7, 11) is 1.43. The number of carbonyl (C=O) groups excluding carboxylic acids is 3. The molecule has 2 amide bonds. The molecule has 1 saturated heterocycles. The van der Waals surface area contributed by atoms with Crippen LogP contribution in [0.2, 0.25) is 0 Å². The Bertz CT molecular complexity index is 1350. The van der Waals surface area contributed by atoms with E-state index >= 15 is 0 Å². The van der Waals surface area contributed by atoms with Crippen LogP contribution in [0.4, 0.5) is 5.69 Å². The maximum absolute atomic E-state index is 13.9. The van der Waals surface area contributed by atoms with Crippen molar-refractivity contribution in [3.8, 4) is 5.75 Å². The molecule has 1 N–H and O–H groups in total. The minimum Gasteiger partial charge on any atom is -0.494 e. The summed E-state index contributed by atoms with van der Waals surface area (Å²) in [6, 6.07) is 6.73. The number of amides is 2. The van der Waals surface area contributed by atoms with Gasteiger partial charge in [0.05, 0.1) is 13.2 Å². The van der Waals surface area contributed by atoms with Crippen LogP contribution in [0.25, 0.3) is 6.08 Å². The Balaban J connectivity index is 1.42. The highest BCUT2D eigenvalue weighted by Crippen LogP contribution is 2.57. The van der Waals surface area contributed by atoms with E-state index in [4.69, 9.17) is 9.47 Å². The van der Waals surface area contributed by atoms with Gasteiger partial charge < -0.3 is 19.7 Å². The molecule has 0 spiro atoms. The molecule has 1 aliphatic heterocycles. The summed E-state index contributed by atoms with van der Waals surface area (Å²) in [5.41, 5.74) is 1.16. The molecule has 4 unspecified atom stereocenters. The molecule has 232 valence electrons. The van der Waals surface area contributed by atoms with Gasteiger partial charge in [-0.1, -0.05) is 39.8 Å². The molecule has 2 fully saturated rings. The molecule has 1 aliphatic carbocycles. The van der Waals surface area contributed by atoms with Crippen molar-refractivity contribution < 1.29 is 23.9 Å². The van der Waals surface area contributed by atoms with Crippen molar-refractivity contribution in [3.63, 3.8) is 0 Å². The van der Waals surface area contributed by atoms with Gasteiger partial charge in [-0.15, -0.1) is 16.2 Å². The lowest BCUT2D eigenvalue weighted by Gasteiger charge is -2.40. The summed E-state index contributed by atoms with van der Waals surface area (Å²) in [6.45, 7) is 11.6. The van der Waals surface area contributed by atoms with E-state index in [2.05, 4.69) is 38.2 Å². The smallest absolute Gasteiger partial charge is 0.329 e. The fraction of sp³-hybridized carbons (Fsp3) is 0.545. The molecular formula is C33H43N3O6S. The second-order valence-electron chi connectivity index (χ2n) is 12.8. The molecule has 9 nitrogen and oxygen atoms in total. The van der Waals surface area contributed by atoms with Crippen molar-refractivity contribution in [1.82, 2.24) is 10.2 Å². The summed E-state index contributed by atoms with van der Waals surface area (Å²) in [5, 5.41) is 7.59. The number of thiophene rings is 1. The molecule has 2 aromatic rings. The predicted octanol–water partition coefficient (Wildman–Crippen LogP) is 6.80. The van der Waals surface area contributed by atoms with Gasteiger partial charge in [0.15, 0.2) is 0 Å². The van der Waals surface area contributed by atoms with Gasteiger partial charge in [0.1, 0.15) is 23.5 Å². The van der Waals surface area contributed by atoms with Gasteiger partial charge in [0.2, 0.25) is 5.91 Å². The van der Waals surface area contributed by atoms with Crippen molar-refractivity contribution in [1.29, 1.82) is 0 Å². The van der Waals surface area contributed by atoms with Crippen molar-refractivity contribution >= 4 is 40.9 Å². The van der Waals surface area contributed by atoms with Gasteiger partial charge in [-0.2, -0.15) is 0 Å². The van der Waals surface area contributed by atoms with Crippen molar-refractivity contribution in [2.24, 2.45) is 21.9 Å². The maximum Gasteiger partial charge on any atom is 0.329 e. The van der Waals surface area contributed by atoms with Crippen LogP contribution >= 0.6 is 11.3 Å². The first-order chi connectivity index (χ1) is 20.4. The number of carbonyl (C=O) groups is 3. The number of hydrogen-bond donors (Lipinski definition) is 1. The van der Waals surface area contributed by atoms with Crippen LogP contribution in [0.3, 0.4) is 0 Å². The maximum atomic E-state index is 13.9. The highest BCUT2D eigenvalue weighted by Gasteiger charge is 2.49. The zero-order chi connectivity index (χ0) is 31.4. The zero-order valence-electron chi connectivity index (χ0n) is 25.9. The Morgan fingerprint density at radius 2 is 1.95 bits per heavy atom. The standard InChI is InChI=1S/C33H43N3O6S/c1-21(19-23-15-16-32(2,3)33(23,4)5)42-31(39)25-9-7-17-36(25)30(38)29(27-10-8-18-43-27)34-28(37)14-12-22-11-13-24(35-40)26(20-22)41-6/h8,10-14,18,20-21,23,25,29H,7,9,15-17,19H2,1-6H3,(H,34,37)/b14-12+. The van der Waals surface area contributed by atoms with Gasteiger partial charge in [0, 0.05) is 17.5 Å². The topological polar surface area (TPSA) is 114 Å². The molecular weight excluding hydrogens is 566 g/mol. The van der Waals surface area contributed by atoms with Gasteiger partial charge in [-0.25, -0.2) is 4.79 Å². The monoisotopic (exact) mass is 609 g/mol. The van der Waals surface area contributed by atoms with Crippen LogP contribution in [-0.4, -0.2) is 48.5 Å². The van der Waals surface area contributed by atoms with Gasteiger partial charge in [-0.05, 0) is 96.2 Å². The minimum absolute atomic E-state index is 0.145. The molecule has 2 heterocycles. The largest absolute Gasteiger partial charge is 0.494 e. The Morgan fingerprint density at radius 3 is 2.58 bits per heavy atom. The van der Waals surface area contributed by atoms with Crippen molar-refractivity contribution in [3.05, 3.63) is 57.1 Å². The van der Waals surface area contributed by atoms with Crippen LogP contribution in [0, 0.1) is 21.7 Å². The van der Waals surface area contributed by atoms with Crippen LogP contribution in [0.15, 0.2) is 47.0 Å². The molecule has 43 heavy (non-hydrogen) atoms. The highest BCUT2D eigenvalue weighted by atomic mass is 32.1. The molecule has 10 heteroatoms. The first-order valence-corrected chi connectivity index (χ1v) is 15.8. The summed E-state index contributed by atoms with van der Waals surface area (Å²) in [4.78, 5) is 53.4. The van der Waals surface area contributed by atoms with E-state index in [-0.39, 0.29) is 34.5 Å². The number of benzene rings is 1. The number of esters is 1. The van der Waals surface area contributed by atoms with Gasteiger partial charge in [-0.3, -0.25) is 9.59 Å². The quantitative estimate of drug-likeness (QED) is 0.170. The number of likely N-dealkylation sites (tertiary alicyclic amines) is 1. The Morgan fingerprint density at radius 1 is 1.19 bits per heavy atom. The second kappa shape index (κ2) is 13.4. The number of ether oxygens (including phenoxy) is 2. The SMILES string of the molecule is COc1cc(/C=C/C(=O)NC(C(=O)N2CCCC2C(=O)OC(C)CC2CCC(C)(C)C2(C)C)c2cccs2)ccc1N=O. The summed E-state index contributed by atoms with van der Waals surface area (Å²) in [6.07, 6.45) is 6.90. The predicted molar refractivity (Wildman–Crippen MR) is 168 cm³/mol. The first kappa shape index (κ1) is 32.4. The van der Waals surface area contributed by atoms with Crippen molar-refractivity contribution in [2.45, 2.75) is 84.9 Å². The number of nitrogens with zero attached hydrogens (tertiary/aromatic N) is 2. The fourth-order valence-corrected chi connectivity index (χ4v) is 7.06. The third-order valence-corrected chi connectivity index (χ3v) is 10.7. The molecule has 1 aromatic heterocycles. The van der Waals surface area contributed by atoms with Gasteiger partial charge >= 0.3 is 5.97 Å². The Kier molecular flexibility index (Phi) is 10.1. The highest BCUT2D eigenvalue weighted by molar-refractivity contribution is 7.10.